The average Bonchev–Trinajstić information content (AvgIpc) is 2.90. The van der Waals surface area contributed by atoms with Crippen molar-refractivity contribution in [3.63, 3.8) is 0 Å². The van der Waals surface area contributed by atoms with Gasteiger partial charge in [0.25, 0.3) is 0 Å². The van der Waals surface area contributed by atoms with Gasteiger partial charge in [0, 0.05) is 16.5 Å². The van der Waals surface area contributed by atoms with E-state index >= 15 is 0 Å². The molecule has 24 heavy (non-hydrogen) atoms. The van der Waals surface area contributed by atoms with E-state index in [9.17, 15) is 5.11 Å². The average molecular weight is 455 g/mol. The predicted molar refractivity (Wildman–Crippen MR) is 87.9 cm³/mol. The van der Waals surface area contributed by atoms with E-state index in [1.165, 1.54) is 5.56 Å². The van der Waals surface area contributed by atoms with Crippen LogP contribution in [0.2, 0.25) is 5.02 Å². The fourth-order valence-corrected chi connectivity index (χ4v) is 3.32. The van der Waals surface area contributed by atoms with Gasteiger partial charge in [0.2, 0.25) is 0 Å². The van der Waals surface area contributed by atoms with Gasteiger partial charge in [0.15, 0.2) is 0 Å². The van der Waals surface area contributed by atoms with E-state index in [0.717, 1.165) is 26.9 Å². The van der Waals surface area contributed by atoms with Crippen LogP contribution in [-0.2, 0) is 26.2 Å². The zero-order valence-electron chi connectivity index (χ0n) is 12.5. The van der Waals surface area contributed by atoms with Crippen LogP contribution in [0.15, 0.2) is 60.7 Å². The fraction of sp³-hybridized carbons (Fsp3) is 0.0526. The normalized spacial score (nSPS) is 14.3. The summed E-state index contributed by atoms with van der Waals surface area (Å²) in [5.41, 5.74) is 3.27. The first kappa shape index (κ1) is 21.3. The van der Waals surface area contributed by atoms with Crippen LogP contribution < -0.4 is 24.8 Å². The zero-order valence-corrected chi connectivity index (χ0v) is 17.2. The Morgan fingerprint density at radius 1 is 0.917 bits per heavy atom. The third kappa shape index (κ3) is 3.58. The van der Waals surface area contributed by atoms with Gasteiger partial charge in [-0.05, 0) is 40.1 Å². The molecule has 1 aliphatic rings. The Morgan fingerprint density at radius 3 is 2.46 bits per heavy atom. The number of hydrogen-bond donors (Lipinski definition) is 1. The second-order valence-corrected chi connectivity index (χ2v) is 5.77. The number of hydrogen-bond acceptors (Lipinski definition) is 1. The van der Waals surface area contributed by atoms with Crippen LogP contribution in [-0.4, -0.2) is 5.11 Å². The summed E-state index contributed by atoms with van der Waals surface area (Å²) < 4.78 is 0. The maximum atomic E-state index is 10.4. The van der Waals surface area contributed by atoms with E-state index in [-0.39, 0.29) is 56.9 Å². The van der Waals surface area contributed by atoms with Gasteiger partial charge in [-0.15, -0.1) is 0 Å². The molecule has 0 radical (unpaired) electrons. The molecule has 0 bridgehead atoms. The first-order chi connectivity index (χ1) is 10.2. The van der Waals surface area contributed by atoms with Crippen LogP contribution in [0.3, 0.4) is 0 Å². The Kier molecular flexibility index (Phi) is 7.56. The summed E-state index contributed by atoms with van der Waals surface area (Å²) in [5.74, 6) is 0.412. The topological polar surface area (TPSA) is 20.2 Å². The number of allylic oxidation sites excluding steroid dienone is 1. The minimum atomic E-state index is 0. The van der Waals surface area contributed by atoms with Gasteiger partial charge in [0.05, 0.1) is 0 Å². The Labute approximate surface area is 177 Å². The number of phenolic OH excluding ortho intramolecular Hbond substituents is 1. The summed E-state index contributed by atoms with van der Waals surface area (Å²) in [5, 5.41) is 13.4. The smallest absolute Gasteiger partial charge is 1.00 e. The molecule has 0 aromatic heterocycles. The fourth-order valence-electron chi connectivity index (χ4n) is 3.14. The maximum absolute atomic E-state index is 10.4. The molecular weight excluding hydrogens is 442 g/mol. The summed E-state index contributed by atoms with van der Waals surface area (Å²) in [6.07, 6.45) is 4.20. The van der Waals surface area contributed by atoms with Crippen molar-refractivity contribution in [3.8, 4) is 5.75 Å². The minimum absolute atomic E-state index is 0. The molecule has 4 rings (SSSR count). The second-order valence-electron chi connectivity index (χ2n) is 5.33. The van der Waals surface area contributed by atoms with Crippen LogP contribution in [0.4, 0.5) is 0 Å². The zero-order chi connectivity index (χ0) is 14.4. The maximum Gasteiger partial charge on any atom is 2.00 e. The van der Waals surface area contributed by atoms with Crippen LogP contribution >= 0.6 is 11.6 Å². The third-order valence-corrected chi connectivity index (χ3v) is 4.35. The number of halogens is 3. The van der Waals surface area contributed by atoms with Crippen molar-refractivity contribution in [1.29, 1.82) is 0 Å². The molecule has 1 N–H and O–H groups in total. The van der Waals surface area contributed by atoms with E-state index in [2.05, 4.69) is 24.3 Å². The van der Waals surface area contributed by atoms with Crippen molar-refractivity contribution < 1.29 is 56.1 Å². The van der Waals surface area contributed by atoms with Gasteiger partial charge in [-0.25, -0.2) is 0 Å². The van der Waals surface area contributed by atoms with Crippen LogP contribution in [0, 0.1) is 0 Å². The molecule has 0 saturated heterocycles. The number of benzene rings is 3. The molecule has 3 aromatic carbocycles. The van der Waals surface area contributed by atoms with E-state index in [0.29, 0.717) is 5.75 Å². The molecule has 0 fully saturated rings. The molecule has 1 aliphatic carbocycles. The minimum Gasteiger partial charge on any atom is -1.00 e. The van der Waals surface area contributed by atoms with Crippen molar-refractivity contribution in [2.75, 3.05) is 0 Å². The van der Waals surface area contributed by atoms with Crippen molar-refractivity contribution in [2.45, 2.75) is 5.92 Å². The first-order valence-corrected chi connectivity index (χ1v) is 7.30. The van der Waals surface area contributed by atoms with E-state index < -0.39 is 0 Å². The SMILES string of the molecule is Oc1ccc2ccccc2c1C1C=Cc2cc(Cl)ccc21.[Cl-].[Cl-].[Zr+2]. The third-order valence-electron chi connectivity index (χ3n) is 4.11. The molecule has 0 aliphatic heterocycles. The number of rotatable bonds is 1. The Bertz CT molecular complexity index is 893. The molecule has 0 saturated carbocycles. The van der Waals surface area contributed by atoms with Crippen molar-refractivity contribution in [2.24, 2.45) is 0 Å². The Balaban J connectivity index is 0.000000960. The second kappa shape index (κ2) is 8.54. The molecule has 1 unspecified atom stereocenters. The standard InChI is InChI=1S/C19H13ClO.2ClH.Zr/c20-14-7-9-15-13(11-14)5-8-17(15)19-16-4-2-1-3-12(16)6-10-18(19)21;;;/h1-11,17,21H;2*1H;/q;;;+2/p-2. The Morgan fingerprint density at radius 2 is 1.67 bits per heavy atom. The molecule has 120 valence electrons. The van der Waals surface area contributed by atoms with Crippen molar-refractivity contribution in [1.82, 2.24) is 0 Å². The van der Waals surface area contributed by atoms with Gasteiger partial charge < -0.3 is 29.9 Å². The summed E-state index contributed by atoms with van der Waals surface area (Å²) in [6.45, 7) is 0. The van der Waals surface area contributed by atoms with Gasteiger partial charge in [-0.1, -0.05) is 60.2 Å². The molecular formula is C19H13Cl3OZr. The van der Waals surface area contributed by atoms with Crippen molar-refractivity contribution >= 4 is 28.4 Å². The Hall–Kier alpha value is -0.787. The van der Waals surface area contributed by atoms with E-state index in [1.54, 1.807) is 6.07 Å². The van der Waals surface area contributed by atoms with Crippen LogP contribution in [0.5, 0.6) is 5.75 Å². The molecule has 0 spiro atoms. The summed E-state index contributed by atoms with van der Waals surface area (Å²) >= 11 is 6.06. The largest absolute Gasteiger partial charge is 2.00 e. The molecule has 1 nitrogen and oxygen atoms in total. The summed E-state index contributed by atoms with van der Waals surface area (Å²) in [4.78, 5) is 0. The quantitative estimate of drug-likeness (QED) is 0.519. The van der Waals surface area contributed by atoms with E-state index in [1.807, 2.05) is 36.4 Å². The van der Waals surface area contributed by atoms with Gasteiger partial charge in [0.1, 0.15) is 5.75 Å². The number of aromatic hydroxyl groups is 1. The van der Waals surface area contributed by atoms with Crippen LogP contribution in [0.25, 0.3) is 16.8 Å². The first-order valence-electron chi connectivity index (χ1n) is 6.92. The number of phenols is 1. The molecule has 0 heterocycles. The van der Waals surface area contributed by atoms with Gasteiger partial charge >= 0.3 is 26.2 Å². The van der Waals surface area contributed by atoms with Crippen molar-refractivity contribution in [3.05, 3.63) is 82.4 Å². The molecule has 3 aromatic rings. The monoisotopic (exact) mass is 452 g/mol. The summed E-state index contributed by atoms with van der Waals surface area (Å²) in [6, 6.07) is 17.8. The van der Waals surface area contributed by atoms with Crippen LogP contribution in [0.1, 0.15) is 22.6 Å². The van der Waals surface area contributed by atoms with Gasteiger partial charge in [-0.3, -0.25) is 0 Å². The molecule has 1 atom stereocenters. The molecule has 0 amide bonds. The molecule has 5 heteroatoms. The van der Waals surface area contributed by atoms with E-state index in [4.69, 9.17) is 11.6 Å². The summed E-state index contributed by atoms with van der Waals surface area (Å²) in [7, 11) is 0. The number of fused-ring (bicyclic) bond motifs is 2. The predicted octanol–water partition coefficient (Wildman–Crippen LogP) is -0.637. The van der Waals surface area contributed by atoms with Gasteiger partial charge in [-0.2, -0.15) is 0 Å².